The maximum absolute atomic E-state index is 12.0. The number of nitro groups is 1. The van der Waals surface area contributed by atoms with Crippen molar-refractivity contribution in [2.45, 2.75) is 23.8 Å². The van der Waals surface area contributed by atoms with Gasteiger partial charge in [-0.1, -0.05) is 11.6 Å². The summed E-state index contributed by atoms with van der Waals surface area (Å²) in [5, 5.41) is 13.8. The molecule has 0 spiro atoms. The summed E-state index contributed by atoms with van der Waals surface area (Å²) >= 11 is 5.64. The van der Waals surface area contributed by atoms with E-state index >= 15 is 0 Å². The first-order valence-corrected chi connectivity index (χ1v) is 7.93. The number of benzene rings is 1. The predicted octanol–water partition coefficient (Wildman–Crippen LogP) is 1.28. The first-order valence-electron chi connectivity index (χ1n) is 6.07. The van der Waals surface area contributed by atoms with Gasteiger partial charge in [0.25, 0.3) is 5.69 Å². The van der Waals surface area contributed by atoms with Gasteiger partial charge in [-0.2, -0.15) is 0 Å². The van der Waals surface area contributed by atoms with Crippen molar-refractivity contribution >= 4 is 27.3 Å². The molecular weight excluding hydrogens is 306 g/mol. The second-order valence-corrected chi connectivity index (χ2v) is 6.67. The standard InChI is InChI=1S/C11H14ClN3O4S/c12-10-4-3-9(7-11(10)15(16)17)20(18,19)14-6-5-13-8-1-2-8/h3-4,7-8,13-14H,1-2,5-6H2. The highest BCUT2D eigenvalue weighted by Gasteiger charge is 2.22. The Hall–Kier alpha value is -1.22. The third kappa shape index (κ3) is 3.89. The molecule has 0 aromatic heterocycles. The molecule has 1 fully saturated rings. The van der Waals surface area contributed by atoms with Crippen LogP contribution < -0.4 is 10.0 Å². The lowest BCUT2D eigenvalue weighted by Gasteiger charge is -2.07. The largest absolute Gasteiger partial charge is 0.313 e. The normalized spacial score (nSPS) is 15.2. The van der Waals surface area contributed by atoms with Crippen LogP contribution >= 0.6 is 11.6 Å². The van der Waals surface area contributed by atoms with Gasteiger partial charge >= 0.3 is 0 Å². The molecule has 0 amide bonds. The van der Waals surface area contributed by atoms with Crippen LogP contribution in [0.5, 0.6) is 0 Å². The average molecular weight is 320 g/mol. The van der Waals surface area contributed by atoms with E-state index < -0.39 is 20.6 Å². The smallest absolute Gasteiger partial charge is 0.289 e. The summed E-state index contributed by atoms with van der Waals surface area (Å²) in [4.78, 5) is 9.86. The summed E-state index contributed by atoms with van der Waals surface area (Å²) in [6.45, 7) is 0.759. The van der Waals surface area contributed by atoms with Crippen molar-refractivity contribution < 1.29 is 13.3 Å². The summed E-state index contributed by atoms with van der Waals surface area (Å²) in [7, 11) is -3.76. The molecule has 0 aliphatic heterocycles. The molecule has 0 radical (unpaired) electrons. The summed E-state index contributed by atoms with van der Waals surface area (Å²) < 4.78 is 26.3. The minimum atomic E-state index is -3.76. The molecule has 0 unspecified atom stereocenters. The maximum Gasteiger partial charge on any atom is 0.289 e. The summed E-state index contributed by atoms with van der Waals surface area (Å²) in [6.07, 6.45) is 2.24. The molecule has 1 saturated carbocycles. The highest BCUT2D eigenvalue weighted by atomic mass is 35.5. The van der Waals surface area contributed by atoms with Crippen molar-refractivity contribution in [3.63, 3.8) is 0 Å². The Morgan fingerprint density at radius 3 is 2.65 bits per heavy atom. The fourth-order valence-electron chi connectivity index (χ4n) is 1.63. The zero-order chi connectivity index (χ0) is 14.8. The van der Waals surface area contributed by atoms with E-state index in [2.05, 4.69) is 10.0 Å². The highest BCUT2D eigenvalue weighted by molar-refractivity contribution is 7.89. The molecule has 0 heterocycles. The monoisotopic (exact) mass is 319 g/mol. The Morgan fingerprint density at radius 2 is 2.05 bits per heavy atom. The zero-order valence-corrected chi connectivity index (χ0v) is 12.1. The predicted molar refractivity (Wildman–Crippen MR) is 74.3 cm³/mol. The van der Waals surface area contributed by atoms with E-state index in [1.54, 1.807) is 0 Å². The third-order valence-corrected chi connectivity index (χ3v) is 4.63. The van der Waals surface area contributed by atoms with Gasteiger partial charge in [0.2, 0.25) is 10.0 Å². The van der Waals surface area contributed by atoms with Gasteiger partial charge in [0.15, 0.2) is 0 Å². The van der Waals surface area contributed by atoms with Gasteiger partial charge in [-0.25, -0.2) is 13.1 Å². The summed E-state index contributed by atoms with van der Waals surface area (Å²) in [5.41, 5.74) is -0.425. The first kappa shape index (κ1) is 15.2. The van der Waals surface area contributed by atoms with Gasteiger partial charge in [-0.05, 0) is 25.0 Å². The van der Waals surface area contributed by atoms with Gasteiger partial charge in [0, 0.05) is 25.2 Å². The molecule has 9 heteroatoms. The van der Waals surface area contributed by atoms with Crippen LogP contribution in [0.15, 0.2) is 23.1 Å². The fraction of sp³-hybridized carbons (Fsp3) is 0.455. The lowest BCUT2D eigenvalue weighted by Crippen LogP contribution is -2.32. The minimum absolute atomic E-state index is 0.0932. The minimum Gasteiger partial charge on any atom is -0.313 e. The van der Waals surface area contributed by atoms with Crippen molar-refractivity contribution in [2.75, 3.05) is 13.1 Å². The van der Waals surface area contributed by atoms with E-state index in [0.29, 0.717) is 12.6 Å². The zero-order valence-electron chi connectivity index (χ0n) is 10.5. The van der Waals surface area contributed by atoms with Crippen LogP contribution in [-0.4, -0.2) is 32.5 Å². The van der Waals surface area contributed by atoms with Gasteiger partial charge in [0.05, 0.1) is 9.82 Å². The quantitative estimate of drug-likeness (QED) is 0.448. The molecule has 0 saturated heterocycles. The average Bonchev–Trinajstić information content (AvgIpc) is 3.18. The second kappa shape index (κ2) is 6.04. The van der Waals surface area contributed by atoms with Gasteiger partial charge < -0.3 is 5.32 Å². The third-order valence-electron chi connectivity index (χ3n) is 2.85. The Balaban J connectivity index is 2.03. The SMILES string of the molecule is O=[N+]([O-])c1cc(S(=O)(=O)NCCNC2CC2)ccc1Cl. The number of nitrogens with one attached hydrogen (secondary N) is 2. The van der Waals surface area contributed by atoms with Crippen molar-refractivity contribution in [3.05, 3.63) is 33.3 Å². The second-order valence-electron chi connectivity index (χ2n) is 4.50. The lowest BCUT2D eigenvalue weighted by molar-refractivity contribution is -0.384. The summed E-state index contributed by atoms with van der Waals surface area (Å²) in [6, 6.07) is 3.90. The number of hydrogen-bond acceptors (Lipinski definition) is 5. The van der Waals surface area contributed by atoms with Crippen LogP contribution in [0.25, 0.3) is 0 Å². The molecule has 1 aromatic carbocycles. The van der Waals surface area contributed by atoms with Crippen molar-refractivity contribution in [3.8, 4) is 0 Å². The van der Waals surface area contributed by atoms with Crippen LogP contribution in [0.2, 0.25) is 5.02 Å². The number of nitro benzene ring substituents is 1. The Kier molecular flexibility index (Phi) is 4.59. The van der Waals surface area contributed by atoms with Crippen LogP contribution in [0.4, 0.5) is 5.69 Å². The fourth-order valence-corrected chi connectivity index (χ4v) is 2.87. The molecule has 1 aromatic rings. The van der Waals surface area contributed by atoms with E-state index in [0.717, 1.165) is 18.9 Å². The van der Waals surface area contributed by atoms with E-state index in [-0.39, 0.29) is 16.5 Å². The van der Waals surface area contributed by atoms with Gasteiger partial charge in [0.1, 0.15) is 5.02 Å². The Bertz CT molecular complexity index is 616. The van der Waals surface area contributed by atoms with E-state index in [9.17, 15) is 18.5 Å². The number of hydrogen-bond donors (Lipinski definition) is 2. The number of rotatable bonds is 7. The Morgan fingerprint density at radius 1 is 1.35 bits per heavy atom. The molecule has 2 rings (SSSR count). The van der Waals surface area contributed by atoms with Crippen LogP contribution in [0.1, 0.15) is 12.8 Å². The molecular formula is C11H14ClN3O4S. The first-order chi connectivity index (χ1) is 9.40. The van der Waals surface area contributed by atoms with E-state index in [1.807, 2.05) is 0 Å². The highest BCUT2D eigenvalue weighted by Crippen LogP contribution is 2.26. The topological polar surface area (TPSA) is 101 Å². The van der Waals surface area contributed by atoms with Gasteiger partial charge in [-0.3, -0.25) is 10.1 Å². The number of halogens is 1. The van der Waals surface area contributed by atoms with Crippen molar-refractivity contribution in [1.82, 2.24) is 10.0 Å². The molecule has 7 nitrogen and oxygen atoms in total. The molecule has 0 bridgehead atoms. The van der Waals surface area contributed by atoms with Crippen LogP contribution in [-0.2, 0) is 10.0 Å². The molecule has 20 heavy (non-hydrogen) atoms. The molecule has 2 N–H and O–H groups in total. The van der Waals surface area contributed by atoms with Crippen LogP contribution in [0.3, 0.4) is 0 Å². The van der Waals surface area contributed by atoms with Gasteiger partial charge in [-0.15, -0.1) is 0 Å². The lowest BCUT2D eigenvalue weighted by atomic mass is 10.3. The maximum atomic E-state index is 12.0. The summed E-state index contributed by atoms with van der Waals surface area (Å²) in [5.74, 6) is 0. The Labute approximate surface area is 121 Å². The van der Waals surface area contributed by atoms with Crippen LogP contribution in [0, 0.1) is 10.1 Å². The van der Waals surface area contributed by atoms with Crippen molar-refractivity contribution in [1.29, 1.82) is 0 Å². The number of sulfonamides is 1. The van der Waals surface area contributed by atoms with E-state index in [4.69, 9.17) is 11.6 Å². The molecule has 110 valence electrons. The van der Waals surface area contributed by atoms with Crippen molar-refractivity contribution in [2.24, 2.45) is 0 Å². The molecule has 1 aliphatic rings. The number of nitrogens with zero attached hydrogens (tertiary/aromatic N) is 1. The van der Waals surface area contributed by atoms with E-state index in [1.165, 1.54) is 12.1 Å². The molecule has 1 aliphatic carbocycles. The molecule has 0 atom stereocenters.